The van der Waals surface area contributed by atoms with Gasteiger partial charge in [0.25, 0.3) is 0 Å². The van der Waals surface area contributed by atoms with Crippen LogP contribution >= 0.6 is 0 Å². The Morgan fingerprint density at radius 1 is 1.35 bits per heavy atom. The summed E-state index contributed by atoms with van der Waals surface area (Å²) >= 11 is 0. The van der Waals surface area contributed by atoms with Gasteiger partial charge in [0.05, 0.1) is 0 Å². The van der Waals surface area contributed by atoms with E-state index >= 15 is 0 Å². The van der Waals surface area contributed by atoms with Crippen molar-refractivity contribution in [2.24, 2.45) is 11.8 Å². The molecule has 2 saturated heterocycles. The third-order valence-corrected chi connectivity index (χ3v) is 5.08. The van der Waals surface area contributed by atoms with Gasteiger partial charge in [-0.15, -0.1) is 5.10 Å². The largest absolute Gasteiger partial charge is 0.334 e. The van der Waals surface area contributed by atoms with Crippen LogP contribution in [0.25, 0.3) is 5.65 Å². The van der Waals surface area contributed by atoms with Crippen molar-refractivity contribution in [2.45, 2.75) is 26.3 Å². The van der Waals surface area contributed by atoms with Crippen molar-refractivity contribution in [3.63, 3.8) is 0 Å². The van der Waals surface area contributed by atoms with Crippen molar-refractivity contribution in [2.75, 3.05) is 24.5 Å². The first-order valence-electron chi connectivity index (χ1n) is 7.37. The number of nitrogens with zero attached hydrogens (tertiary/aromatic N) is 4. The summed E-state index contributed by atoms with van der Waals surface area (Å²) in [5, 5.41) is 8.18. The Balaban J connectivity index is 1.75. The number of aromatic nitrogens is 3. The van der Waals surface area contributed by atoms with Gasteiger partial charge in [-0.1, -0.05) is 0 Å². The fourth-order valence-corrected chi connectivity index (χ4v) is 3.85. The molecule has 0 radical (unpaired) electrons. The highest BCUT2D eigenvalue weighted by molar-refractivity contribution is 5.49. The van der Waals surface area contributed by atoms with Crippen molar-refractivity contribution in [3.05, 3.63) is 23.9 Å². The second kappa shape index (κ2) is 3.95. The first-order chi connectivity index (χ1) is 9.55. The van der Waals surface area contributed by atoms with Crippen LogP contribution < -0.4 is 10.2 Å². The number of pyridine rings is 1. The second-order valence-electron chi connectivity index (χ2n) is 6.71. The van der Waals surface area contributed by atoms with E-state index in [1.165, 1.54) is 5.56 Å². The zero-order chi connectivity index (χ0) is 13.9. The number of rotatable bonds is 1. The van der Waals surface area contributed by atoms with Crippen LogP contribution in [-0.2, 0) is 0 Å². The quantitative estimate of drug-likeness (QED) is 0.853. The lowest BCUT2D eigenvalue weighted by molar-refractivity contribution is 0.355. The highest BCUT2D eigenvalue weighted by Crippen LogP contribution is 2.42. The van der Waals surface area contributed by atoms with E-state index in [1.807, 2.05) is 10.7 Å². The van der Waals surface area contributed by atoms with E-state index in [4.69, 9.17) is 4.98 Å². The second-order valence-corrected chi connectivity index (χ2v) is 6.71. The molecule has 0 aromatic carbocycles. The number of fused-ring (bicyclic) bond motifs is 2. The van der Waals surface area contributed by atoms with Crippen molar-refractivity contribution in [1.82, 2.24) is 19.9 Å². The van der Waals surface area contributed by atoms with Crippen molar-refractivity contribution >= 4 is 11.6 Å². The Bertz CT molecular complexity index is 659. The van der Waals surface area contributed by atoms with Crippen LogP contribution in [0, 0.1) is 18.8 Å². The maximum atomic E-state index is 4.74. The summed E-state index contributed by atoms with van der Waals surface area (Å²) in [5.74, 6) is 2.28. The maximum Gasteiger partial charge on any atom is 0.246 e. The molecule has 1 N–H and O–H groups in total. The van der Waals surface area contributed by atoms with Crippen LogP contribution in [0.5, 0.6) is 0 Å². The molecule has 2 aromatic heterocycles. The molecule has 0 saturated carbocycles. The van der Waals surface area contributed by atoms with E-state index in [0.29, 0.717) is 5.92 Å². The van der Waals surface area contributed by atoms with Crippen LogP contribution in [0.1, 0.15) is 19.4 Å². The summed E-state index contributed by atoms with van der Waals surface area (Å²) in [7, 11) is 0. The molecule has 5 nitrogen and oxygen atoms in total. The van der Waals surface area contributed by atoms with Crippen LogP contribution in [0.15, 0.2) is 18.3 Å². The van der Waals surface area contributed by atoms with E-state index in [1.54, 1.807) is 0 Å². The molecule has 2 aromatic rings. The lowest BCUT2D eigenvalue weighted by Crippen LogP contribution is -2.45. The SMILES string of the molecule is Cc1ccn2nc(N3CC4CNCC4C3(C)C)nc2c1. The third-order valence-electron chi connectivity index (χ3n) is 5.08. The number of nitrogens with one attached hydrogen (secondary N) is 1. The average Bonchev–Trinajstić information content (AvgIpc) is 3.04. The average molecular weight is 271 g/mol. The Morgan fingerprint density at radius 2 is 2.20 bits per heavy atom. The lowest BCUT2D eigenvalue weighted by Gasteiger charge is -2.34. The summed E-state index contributed by atoms with van der Waals surface area (Å²) < 4.78 is 1.88. The minimum Gasteiger partial charge on any atom is -0.334 e. The summed E-state index contributed by atoms with van der Waals surface area (Å²) in [6, 6.07) is 4.15. The van der Waals surface area contributed by atoms with Crippen molar-refractivity contribution < 1.29 is 0 Å². The topological polar surface area (TPSA) is 45.5 Å². The standard InChI is InChI=1S/C15H21N5/c1-10-4-5-20-13(6-10)17-14(18-20)19-9-11-7-16-8-12(11)15(19,2)3/h4-6,11-12,16H,7-9H2,1-3H3. The van der Waals surface area contributed by atoms with E-state index < -0.39 is 0 Å². The number of hydrogen-bond donors (Lipinski definition) is 1. The number of anilines is 1. The molecule has 4 rings (SSSR count). The Morgan fingerprint density at radius 3 is 3.00 bits per heavy atom. The summed E-state index contributed by atoms with van der Waals surface area (Å²) in [4.78, 5) is 7.13. The van der Waals surface area contributed by atoms with E-state index in [0.717, 1.165) is 37.1 Å². The molecular formula is C15H21N5. The van der Waals surface area contributed by atoms with Gasteiger partial charge in [0.2, 0.25) is 5.95 Å². The Hall–Kier alpha value is -1.62. The van der Waals surface area contributed by atoms with Gasteiger partial charge in [0.15, 0.2) is 5.65 Å². The number of hydrogen-bond acceptors (Lipinski definition) is 4. The predicted molar refractivity (Wildman–Crippen MR) is 79.0 cm³/mol. The smallest absolute Gasteiger partial charge is 0.246 e. The van der Waals surface area contributed by atoms with E-state index in [2.05, 4.69) is 48.2 Å². The Kier molecular flexibility index (Phi) is 2.40. The molecular weight excluding hydrogens is 250 g/mol. The highest BCUT2D eigenvalue weighted by Gasteiger charge is 2.50. The van der Waals surface area contributed by atoms with E-state index in [-0.39, 0.29) is 5.54 Å². The van der Waals surface area contributed by atoms with Crippen molar-refractivity contribution in [3.8, 4) is 0 Å². The number of aryl methyl sites for hydroxylation is 1. The Labute approximate surface area is 119 Å². The van der Waals surface area contributed by atoms with Gasteiger partial charge in [-0.3, -0.25) is 0 Å². The first-order valence-corrected chi connectivity index (χ1v) is 7.37. The van der Waals surface area contributed by atoms with Crippen LogP contribution in [0.2, 0.25) is 0 Å². The van der Waals surface area contributed by atoms with Gasteiger partial charge in [-0.2, -0.15) is 4.98 Å². The molecule has 106 valence electrons. The molecule has 0 aliphatic carbocycles. The van der Waals surface area contributed by atoms with Crippen molar-refractivity contribution in [1.29, 1.82) is 0 Å². The normalized spacial score (nSPS) is 28.2. The monoisotopic (exact) mass is 271 g/mol. The highest BCUT2D eigenvalue weighted by atomic mass is 15.4. The predicted octanol–water partition coefficient (Wildman–Crippen LogP) is 1.47. The molecule has 0 amide bonds. The fourth-order valence-electron chi connectivity index (χ4n) is 3.85. The van der Waals surface area contributed by atoms with Crippen LogP contribution in [0.4, 0.5) is 5.95 Å². The molecule has 2 aliphatic rings. The molecule has 20 heavy (non-hydrogen) atoms. The zero-order valence-corrected chi connectivity index (χ0v) is 12.3. The third kappa shape index (κ3) is 1.59. The van der Waals surface area contributed by atoms with Gasteiger partial charge >= 0.3 is 0 Å². The molecule has 0 spiro atoms. The van der Waals surface area contributed by atoms with Gasteiger partial charge < -0.3 is 10.2 Å². The molecule has 2 atom stereocenters. The minimum atomic E-state index is 0.119. The van der Waals surface area contributed by atoms with Crippen LogP contribution in [-0.4, -0.2) is 39.8 Å². The molecule has 0 bridgehead atoms. The lowest BCUT2D eigenvalue weighted by atomic mass is 9.85. The first kappa shape index (κ1) is 12.1. The van der Waals surface area contributed by atoms with E-state index in [9.17, 15) is 0 Å². The molecule has 2 aliphatic heterocycles. The molecule has 5 heteroatoms. The minimum absolute atomic E-state index is 0.119. The molecule has 2 fully saturated rings. The summed E-state index contributed by atoms with van der Waals surface area (Å²) in [5.41, 5.74) is 2.28. The molecule has 4 heterocycles. The molecule has 2 unspecified atom stereocenters. The summed E-state index contributed by atoms with van der Waals surface area (Å²) in [6.45, 7) is 10.0. The fraction of sp³-hybridized carbons (Fsp3) is 0.600. The van der Waals surface area contributed by atoms with Gasteiger partial charge in [0.1, 0.15) is 0 Å². The van der Waals surface area contributed by atoms with Gasteiger partial charge in [-0.05, 0) is 50.3 Å². The van der Waals surface area contributed by atoms with Gasteiger partial charge in [-0.25, -0.2) is 4.52 Å². The maximum absolute atomic E-state index is 4.74. The van der Waals surface area contributed by atoms with Crippen LogP contribution in [0.3, 0.4) is 0 Å². The summed E-state index contributed by atoms with van der Waals surface area (Å²) in [6.07, 6.45) is 1.99. The zero-order valence-electron chi connectivity index (χ0n) is 12.3. The van der Waals surface area contributed by atoms with Gasteiger partial charge in [0, 0.05) is 31.4 Å².